The first-order chi connectivity index (χ1) is 13.2. The molecule has 2 nitrogen and oxygen atoms in total. The minimum atomic E-state index is -1.11. The Morgan fingerprint density at radius 2 is 1.81 bits per heavy atom. The average Bonchev–Trinajstić information content (AvgIpc) is 3.50. The molecule has 1 atom stereocenters. The van der Waals surface area contributed by atoms with Crippen LogP contribution in [0.4, 0.5) is 0 Å². The lowest BCUT2D eigenvalue weighted by atomic mass is 9.79. The summed E-state index contributed by atoms with van der Waals surface area (Å²) in [7, 11) is -1.11. The fraction of sp³-hybridized carbons (Fsp3) is 0.238. The van der Waals surface area contributed by atoms with Crippen molar-refractivity contribution in [2.45, 2.75) is 32.1 Å². The minimum absolute atomic E-state index is 0.0831. The maximum absolute atomic E-state index is 6.55. The molecule has 140 valence electrons. The van der Waals surface area contributed by atoms with Gasteiger partial charge in [0.1, 0.15) is 24.0 Å². The lowest BCUT2D eigenvalue weighted by Gasteiger charge is -2.29. The van der Waals surface area contributed by atoms with Crippen molar-refractivity contribution in [3.63, 3.8) is 0 Å². The monoisotopic (exact) mass is 434 g/mol. The Bertz CT molecular complexity index is 981. The third-order valence-electron chi connectivity index (χ3n) is 5.01. The van der Waals surface area contributed by atoms with E-state index >= 15 is 0 Å². The Morgan fingerprint density at radius 3 is 2.48 bits per heavy atom. The Labute approximate surface area is 173 Å². The number of hydrogen-bond donors (Lipinski definition) is 0. The van der Waals surface area contributed by atoms with Crippen molar-refractivity contribution < 1.29 is 8.83 Å². The second kappa shape index (κ2) is 7.97. The lowest BCUT2D eigenvalue weighted by molar-refractivity contribution is 0.497. The van der Waals surface area contributed by atoms with Gasteiger partial charge in [0.2, 0.25) is 0 Å². The molecule has 27 heavy (non-hydrogen) atoms. The molecule has 0 saturated carbocycles. The van der Waals surface area contributed by atoms with Crippen LogP contribution in [0, 0.1) is 0 Å². The van der Waals surface area contributed by atoms with Gasteiger partial charge in [0.05, 0.1) is 11.1 Å². The molecule has 6 heteroatoms. The zero-order chi connectivity index (χ0) is 18.9. The van der Waals surface area contributed by atoms with Gasteiger partial charge in [0.25, 0.3) is 0 Å². The molecule has 4 aromatic heterocycles. The van der Waals surface area contributed by atoms with E-state index in [-0.39, 0.29) is 5.41 Å². The van der Waals surface area contributed by atoms with E-state index in [4.69, 9.17) is 20.1 Å². The molecule has 0 aliphatic heterocycles. The van der Waals surface area contributed by atoms with Crippen LogP contribution in [0.15, 0.2) is 69.0 Å². The topological polar surface area (TPSA) is 26.3 Å². The molecule has 0 amide bonds. The maximum Gasteiger partial charge on any atom is 0.149 e. The van der Waals surface area contributed by atoms with E-state index in [0.717, 1.165) is 34.5 Å². The van der Waals surface area contributed by atoms with Crippen molar-refractivity contribution in [1.82, 2.24) is 0 Å². The van der Waals surface area contributed by atoms with E-state index < -0.39 is 7.27 Å². The molecule has 0 aliphatic carbocycles. The molecule has 0 bridgehead atoms. The SMILES string of the molecule is CCC(CC)(c1cccs1)c1ccc(-c2ccc(P(Cl)c3ccco3)o2)s1. The van der Waals surface area contributed by atoms with Gasteiger partial charge in [-0.3, -0.25) is 0 Å². The van der Waals surface area contributed by atoms with Crippen LogP contribution in [0.3, 0.4) is 0 Å². The van der Waals surface area contributed by atoms with E-state index in [0.29, 0.717) is 0 Å². The predicted molar refractivity (Wildman–Crippen MR) is 118 cm³/mol. The molecule has 0 aromatic carbocycles. The summed E-state index contributed by atoms with van der Waals surface area (Å²) in [4.78, 5) is 3.96. The highest BCUT2D eigenvalue weighted by Crippen LogP contribution is 2.46. The molecule has 1 unspecified atom stereocenters. The van der Waals surface area contributed by atoms with Crippen molar-refractivity contribution in [1.29, 1.82) is 0 Å². The fourth-order valence-corrected chi connectivity index (χ4v) is 7.40. The Morgan fingerprint density at radius 1 is 0.963 bits per heavy atom. The van der Waals surface area contributed by atoms with Gasteiger partial charge in [-0.2, -0.15) is 0 Å². The fourth-order valence-electron chi connectivity index (χ4n) is 3.40. The number of thiophene rings is 2. The normalized spacial score (nSPS) is 13.1. The van der Waals surface area contributed by atoms with Gasteiger partial charge in [-0.1, -0.05) is 31.2 Å². The summed E-state index contributed by atoms with van der Waals surface area (Å²) in [5.74, 6) is 0.869. The molecule has 4 heterocycles. The van der Waals surface area contributed by atoms with Crippen LogP contribution in [-0.2, 0) is 5.41 Å². The van der Waals surface area contributed by atoms with Gasteiger partial charge in [0, 0.05) is 15.2 Å². The number of hydrogen-bond acceptors (Lipinski definition) is 4. The quantitative estimate of drug-likeness (QED) is 0.284. The van der Waals surface area contributed by atoms with Crippen molar-refractivity contribution in [3.05, 3.63) is 69.9 Å². The van der Waals surface area contributed by atoms with Crippen LogP contribution in [0.5, 0.6) is 0 Å². The summed E-state index contributed by atoms with van der Waals surface area (Å²) in [6.07, 6.45) is 3.81. The van der Waals surface area contributed by atoms with Crippen LogP contribution >= 0.6 is 41.2 Å². The van der Waals surface area contributed by atoms with E-state index in [2.05, 4.69) is 43.5 Å². The van der Waals surface area contributed by atoms with Crippen LogP contribution in [0.25, 0.3) is 10.6 Å². The third kappa shape index (κ3) is 3.45. The van der Waals surface area contributed by atoms with Crippen LogP contribution in [-0.4, -0.2) is 0 Å². The van der Waals surface area contributed by atoms with Crippen LogP contribution in [0.2, 0.25) is 0 Å². The summed E-state index contributed by atoms with van der Waals surface area (Å²) in [5.41, 5.74) is 1.61. The molecule has 0 radical (unpaired) electrons. The van der Waals surface area contributed by atoms with Crippen LogP contribution < -0.4 is 11.0 Å². The summed E-state index contributed by atoms with van der Waals surface area (Å²) in [6.45, 7) is 4.55. The molecule has 0 spiro atoms. The molecule has 0 fully saturated rings. The van der Waals surface area contributed by atoms with Crippen molar-refractivity contribution >= 4 is 52.2 Å². The third-order valence-corrected chi connectivity index (χ3v) is 9.65. The van der Waals surface area contributed by atoms with Gasteiger partial charge >= 0.3 is 0 Å². The first kappa shape index (κ1) is 19.0. The van der Waals surface area contributed by atoms with Gasteiger partial charge in [-0.05, 0) is 60.7 Å². The molecular formula is C21H20ClO2PS2. The molecule has 0 N–H and O–H groups in total. The predicted octanol–water partition coefficient (Wildman–Crippen LogP) is 7.36. The van der Waals surface area contributed by atoms with Crippen LogP contribution in [0.1, 0.15) is 36.4 Å². The summed E-state index contributed by atoms with van der Waals surface area (Å²) in [6, 6.07) is 16.5. The number of rotatable bonds is 7. The Hall–Kier alpha value is -1.32. The smallest absolute Gasteiger partial charge is 0.149 e. The van der Waals surface area contributed by atoms with Gasteiger partial charge < -0.3 is 8.83 Å². The lowest BCUT2D eigenvalue weighted by Crippen LogP contribution is -2.23. The minimum Gasteiger partial charge on any atom is -0.463 e. The van der Waals surface area contributed by atoms with Gasteiger partial charge in [-0.15, -0.1) is 22.7 Å². The zero-order valence-electron chi connectivity index (χ0n) is 15.1. The van der Waals surface area contributed by atoms with E-state index in [1.54, 1.807) is 6.26 Å². The largest absolute Gasteiger partial charge is 0.463 e. The number of halogens is 1. The maximum atomic E-state index is 6.55. The molecule has 4 aromatic rings. The highest BCUT2D eigenvalue weighted by Gasteiger charge is 2.33. The van der Waals surface area contributed by atoms with Crippen molar-refractivity contribution in [2.24, 2.45) is 0 Å². The first-order valence-corrected chi connectivity index (χ1v) is 12.9. The molecule has 4 rings (SSSR count). The van der Waals surface area contributed by atoms with E-state index in [1.165, 1.54) is 9.75 Å². The Balaban J connectivity index is 1.65. The molecule has 0 aliphatic rings. The van der Waals surface area contributed by atoms with E-state index in [9.17, 15) is 0 Å². The molecular weight excluding hydrogens is 415 g/mol. The van der Waals surface area contributed by atoms with Gasteiger partial charge in [0.15, 0.2) is 0 Å². The van der Waals surface area contributed by atoms with Crippen molar-refractivity contribution in [2.75, 3.05) is 0 Å². The zero-order valence-corrected chi connectivity index (χ0v) is 18.4. The summed E-state index contributed by atoms with van der Waals surface area (Å²) < 4.78 is 11.5. The summed E-state index contributed by atoms with van der Waals surface area (Å²) >= 11 is 10.2. The Kier molecular flexibility index (Phi) is 5.61. The highest BCUT2D eigenvalue weighted by molar-refractivity contribution is 7.95. The average molecular weight is 435 g/mol. The van der Waals surface area contributed by atoms with Gasteiger partial charge in [-0.25, -0.2) is 0 Å². The second-order valence-electron chi connectivity index (χ2n) is 6.30. The van der Waals surface area contributed by atoms with Crippen molar-refractivity contribution in [3.8, 4) is 10.6 Å². The highest BCUT2D eigenvalue weighted by atomic mass is 35.7. The van der Waals surface area contributed by atoms with E-state index in [1.807, 2.05) is 46.9 Å². The first-order valence-electron chi connectivity index (χ1n) is 8.92. The number of furan rings is 2. The molecule has 0 saturated heterocycles. The second-order valence-corrected chi connectivity index (χ2v) is 10.8. The summed E-state index contributed by atoms with van der Waals surface area (Å²) in [5, 5.41) is 2.17. The standard InChI is InChI=1S/C21H20ClO2PS2/c1-3-21(4-2,17-7-6-14-26-17)18-11-10-16(27-18)15-9-12-20(24-15)25(22)19-8-5-13-23-19/h5-14H,3-4H2,1-2H3.